The zero-order valence-corrected chi connectivity index (χ0v) is 36.2. The number of carbonyl (C=O) groups is 2. The SMILES string of the molecule is CCCCCCCCCCCCCCCCCCC(=O)OCCCC/C=C\CCCCCCCC(=O)NC(CO)C(O)CCCCCCCCCCCC. The summed E-state index contributed by atoms with van der Waals surface area (Å²) in [5.41, 5.74) is 0. The smallest absolute Gasteiger partial charge is 0.305 e. The Morgan fingerprint density at radius 2 is 0.870 bits per heavy atom. The molecule has 6 nitrogen and oxygen atoms in total. The predicted octanol–water partition coefficient (Wildman–Crippen LogP) is 13.8. The summed E-state index contributed by atoms with van der Waals surface area (Å²) >= 11 is 0. The molecule has 0 heterocycles. The van der Waals surface area contributed by atoms with Gasteiger partial charge in [-0.2, -0.15) is 0 Å². The standard InChI is InChI=1S/C48H93NO5/c1-3-5-7-9-11-13-15-16-17-18-19-22-26-30-34-38-42-48(53)54-43-39-35-31-27-23-20-21-25-29-33-37-41-47(52)49-45(44-50)46(51)40-36-32-28-24-14-12-10-8-6-4-2/h23,27,45-46,50-51H,3-22,24-26,28-44H2,1-2H3,(H,49,52)/b27-23-. The number of allylic oxidation sites excluding steroid dienone is 2. The minimum Gasteiger partial charge on any atom is -0.466 e. The average molecular weight is 764 g/mol. The summed E-state index contributed by atoms with van der Waals surface area (Å²) in [5, 5.41) is 23.0. The number of aliphatic hydroxyl groups excluding tert-OH is 2. The van der Waals surface area contributed by atoms with Crippen LogP contribution in [0.5, 0.6) is 0 Å². The lowest BCUT2D eigenvalue weighted by molar-refractivity contribution is -0.143. The summed E-state index contributed by atoms with van der Waals surface area (Å²) in [6.07, 6.45) is 48.9. The molecular formula is C48H93NO5. The normalized spacial score (nSPS) is 12.7. The molecule has 2 atom stereocenters. The summed E-state index contributed by atoms with van der Waals surface area (Å²) in [5.74, 6) is -0.0937. The molecule has 2 unspecified atom stereocenters. The van der Waals surface area contributed by atoms with Crippen LogP contribution < -0.4 is 5.32 Å². The fourth-order valence-corrected chi connectivity index (χ4v) is 7.34. The second-order valence-corrected chi connectivity index (χ2v) is 16.4. The zero-order chi connectivity index (χ0) is 39.4. The first-order valence-corrected chi connectivity index (χ1v) is 23.9. The van der Waals surface area contributed by atoms with E-state index in [4.69, 9.17) is 4.74 Å². The highest BCUT2D eigenvalue weighted by molar-refractivity contribution is 5.76. The van der Waals surface area contributed by atoms with E-state index in [9.17, 15) is 19.8 Å². The van der Waals surface area contributed by atoms with E-state index in [-0.39, 0.29) is 18.5 Å². The van der Waals surface area contributed by atoms with Crippen molar-refractivity contribution in [2.75, 3.05) is 13.2 Å². The van der Waals surface area contributed by atoms with Crippen molar-refractivity contribution in [3.05, 3.63) is 12.2 Å². The first-order valence-electron chi connectivity index (χ1n) is 23.9. The molecule has 0 radical (unpaired) electrons. The molecule has 54 heavy (non-hydrogen) atoms. The van der Waals surface area contributed by atoms with Crippen LogP contribution in [-0.2, 0) is 14.3 Å². The molecule has 6 heteroatoms. The van der Waals surface area contributed by atoms with Gasteiger partial charge in [0.1, 0.15) is 0 Å². The van der Waals surface area contributed by atoms with Gasteiger partial charge in [0.2, 0.25) is 5.91 Å². The van der Waals surface area contributed by atoms with Gasteiger partial charge in [0.15, 0.2) is 0 Å². The molecule has 1 amide bonds. The molecule has 0 rings (SSSR count). The van der Waals surface area contributed by atoms with Crippen molar-refractivity contribution in [2.45, 2.75) is 270 Å². The van der Waals surface area contributed by atoms with Gasteiger partial charge in [-0.25, -0.2) is 0 Å². The third-order valence-corrected chi connectivity index (χ3v) is 11.1. The van der Waals surface area contributed by atoms with Crippen LogP contribution in [-0.4, -0.2) is 47.4 Å². The van der Waals surface area contributed by atoms with Crippen LogP contribution in [0.25, 0.3) is 0 Å². The van der Waals surface area contributed by atoms with Crippen molar-refractivity contribution in [3.63, 3.8) is 0 Å². The Bertz CT molecular complexity index is 802. The molecule has 0 aromatic rings. The van der Waals surface area contributed by atoms with Crippen molar-refractivity contribution in [3.8, 4) is 0 Å². The Balaban J connectivity index is 3.48. The number of esters is 1. The maximum atomic E-state index is 12.4. The van der Waals surface area contributed by atoms with Gasteiger partial charge < -0.3 is 20.3 Å². The Morgan fingerprint density at radius 1 is 0.500 bits per heavy atom. The van der Waals surface area contributed by atoms with Gasteiger partial charge in [-0.1, -0.05) is 206 Å². The van der Waals surface area contributed by atoms with Gasteiger partial charge in [0.05, 0.1) is 25.4 Å². The zero-order valence-electron chi connectivity index (χ0n) is 36.2. The quantitative estimate of drug-likeness (QED) is 0.0326. The molecule has 0 aromatic heterocycles. The number of ether oxygens (including phenoxy) is 1. The van der Waals surface area contributed by atoms with Crippen LogP contribution in [0.1, 0.15) is 258 Å². The van der Waals surface area contributed by atoms with Crippen molar-refractivity contribution in [1.82, 2.24) is 5.32 Å². The number of nitrogens with one attached hydrogen (secondary N) is 1. The predicted molar refractivity (Wildman–Crippen MR) is 232 cm³/mol. The maximum absolute atomic E-state index is 12.4. The highest BCUT2D eigenvalue weighted by atomic mass is 16.5. The van der Waals surface area contributed by atoms with E-state index in [0.29, 0.717) is 25.9 Å². The molecule has 0 saturated heterocycles. The van der Waals surface area contributed by atoms with Crippen LogP contribution >= 0.6 is 0 Å². The first-order chi connectivity index (χ1) is 26.5. The average Bonchev–Trinajstić information content (AvgIpc) is 3.17. The Hall–Kier alpha value is -1.40. The minimum atomic E-state index is -0.679. The van der Waals surface area contributed by atoms with E-state index in [0.717, 1.165) is 83.5 Å². The molecule has 0 bridgehead atoms. The van der Waals surface area contributed by atoms with E-state index in [1.165, 1.54) is 141 Å². The molecule has 0 saturated carbocycles. The monoisotopic (exact) mass is 764 g/mol. The van der Waals surface area contributed by atoms with Gasteiger partial charge in [-0.05, 0) is 51.4 Å². The van der Waals surface area contributed by atoms with Gasteiger partial charge in [-0.15, -0.1) is 0 Å². The highest BCUT2D eigenvalue weighted by Gasteiger charge is 2.20. The first kappa shape index (κ1) is 52.6. The summed E-state index contributed by atoms with van der Waals surface area (Å²) in [6.45, 7) is 4.86. The number of amides is 1. The molecule has 0 aliphatic rings. The number of aliphatic hydroxyl groups is 2. The highest BCUT2D eigenvalue weighted by Crippen LogP contribution is 2.16. The lowest BCUT2D eigenvalue weighted by atomic mass is 10.0. The van der Waals surface area contributed by atoms with Crippen molar-refractivity contribution < 1.29 is 24.5 Å². The Morgan fingerprint density at radius 3 is 1.31 bits per heavy atom. The maximum Gasteiger partial charge on any atom is 0.305 e. The molecule has 3 N–H and O–H groups in total. The Labute approximate surface area is 336 Å². The van der Waals surface area contributed by atoms with Crippen LogP contribution in [0.4, 0.5) is 0 Å². The lowest BCUT2D eigenvalue weighted by Gasteiger charge is -2.22. The number of hydrogen-bond acceptors (Lipinski definition) is 5. The summed E-state index contributed by atoms with van der Waals surface area (Å²) in [7, 11) is 0. The van der Waals surface area contributed by atoms with Crippen LogP contribution in [0.2, 0.25) is 0 Å². The van der Waals surface area contributed by atoms with E-state index < -0.39 is 12.1 Å². The van der Waals surface area contributed by atoms with Crippen molar-refractivity contribution in [2.24, 2.45) is 0 Å². The van der Waals surface area contributed by atoms with E-state index in [1.807, 2.05) is 0 Å². The van der Waals surface area contributed by atoms with E-state index >= 15 is 0 Å². The molecule has 0 aliphatic heterocycles. The van der Waals surface area contributed by atoms with Crippen LogP contribution in [0, 0.1) is 0 Å². The third-order valence-electron chi connectivity index (χ3n) is 11.1. The summed E-state index contributed by atoms with van der Waals surface area (Å²) in [4.78, 5) is 24.4. The second-order valence-electron chi connectivity index (χ2n) is 16.4. The molecule has 0 aromatic carbocycles. The van der Waals surface area contributed by atoms with Gasteiger partial charge in [0.25, 0.3) is 0 Å². The largest absolute Gasteiger partial charge is 0.466 e. The summed E-state index contributed by atoms with van der Waals surface area (Å²) in [6, 6.07) is -0.559. The number of hydrogen-bond donors (Lipinski definition) is 3. The van der Waals surface area contributed by atoms with Crippen LogP contribution in [0.15, 0.2) is 12.2 Å². The van der Waals surface area contributed by atoms with E-state index in [2.05, 4.69) is 31.3 Å². The number of unbranched alkanes of at least 4 members (excludes halogenated alkanes) is 31. The molecule has 320 valence electrons. The molecule has 0 fully saturated rings. The fourth-order valence-electron chi connectivity index (χ4n) is 7.34. The van der Waals surface area contributed by atoms with E-state index in [1.54, 1.807) is 0 Å². The fraction of sp³-hybridized carbons (Fsp3) is 0.917. The second kappa shape index (κ2) is 44.3. The topological polar surface area (TPSA) is 95.9 Å². The molecular weight excluding hydrogens is 671 g/mol. The summed E-state index contributed by atoms with van der Waals surface area (Å²) < 4.78 is 5.44. The van der Waals surface area contributed by atoms with Crippen molar-refractivity contribution in [1.29, 1.82) is 0 Å². The van der Waals surface area contributed by atoms with Gasteiger partial charge in [0, 0.05) is 12.8 Å². The van der Waals surface area contributed by atoms with Gasteiger partial charge >= 0.3 is 5.97 Å². The number of rotatable bonds is 44. The van der Waals surface area contributed by atoms with Crippen LogP contribution in [0.3, 0.4) is 0 Å². The third kappa shape index (κ3) is 40.3. The Kier molecular flexibility index (Phi) is 43.2. The van der Waals surface area contributed by atoms with Crippen molar-refractivity contribution >= 4 is 11.9 Å². The molecule has 0 aliphatic carbocycles. The number of carbonyl (C=O) groups excluding carboxylic acids is 2. The lowest BCUT2D eigenvalue weighted by Crippen LogP contribution is -2.45. The molecule has 0 spiro atoms. The van der Waals surface area contributed by atoms with Gasteiger partial charge in [-0.3, -0.25) is 9.59 Å². The minimum absolute atomic E-state index is 0.0282.